The summed E-state index contributed by atoms with van der Waals surface area (Å²) in [5.74, 6) is 0. The summed E-state index contributed by atoms with van der Waals surface area (Å²) in [5, 5.41) is 9.95. The molecule has 2 heterocycles. The van der Waals surface area contributed by atoms with E-state index in [4.69, 9.17) is 0 Å². The normalized spacial score (nSPS) is 18.3. The van der Waals surface area contributed by atoms with Crippen molar-refractivity contribution in [3.8, 4) is 0 Å². The quantitative estimate of drug-likeness (QED) is 0.753. The van der Waals surface area contributed by atoms with Crippen LogP contribution in [0.4, 0.5) is 23.7 Å². The van der Waals surface area contributed by atoms with Crippen molar-refractivity contribution < 1.29 is 18.0 Å². The monoisotopic (exact) mass is 380 g/mol. The van der Waals surface area contributed by atoms with Crippen LogP contribution in [0.2, 0.25) is 0 Å². The van der Waals surface area contributed by atoms with Gasteiger partial charge in [-0.1, -0.05) is 12.8 Å². The summed E-state index contributed by atoms with van der Waals surface area (Å²) in [4.78, 5) is 14.7. The standard InChI is InChI=1S/C19H23F3N4O/c1-12-17(13(2)25-24-12)16-6-4-3-5-11-26(16)18(27)23-15-9-7-14(8-10-15)19(20,21)22/h7-10,16H,3-6,11H2,1-2H3,(H,23,27)(H,24,25)/t16-/m0/s1. The first-order chi connectivity index (χ1) is 12.8. The van der Waals surface area contributed by atoms with Gasteiger partial charge in [0.2, 0.25) is 0 Å². The van der Waals surface area contributed by atoms with Crippen LogP contribution in [0.15, 0.2) is 24.3 Å². The lowest BCUT2D eigenvalue weighted by Gasteiger charge is -2.30. The zero-order valence-electron chi connectivity index (χ0n) is 15.4. The molecular formula is C19H23F3N4O. The van der Waals surface area contributed by atoms with E-state index in [2.05, 4.69) is 15.5 Å². The number of hydrogen-bond acceptors (Lipinski definition) is 2. The van der Waals surface area contributed by atoms with Crippen LogP contribution in [0.3, 0.4) is 0 Å². The van der Waals surface area contributed by atoms with Crippen LogP contribution in [-0.2, 0) is 6.18 Å². The molecule has 0 spiro atoms. The molecule has 1 aromatic carbocycles. The number of aromatic nitrogens is 2. The van der Waals surface area contributed by atoms with E-state index in [0.29, 0.717) is 12.2 Å². The van der Waals surface area contributed by atoms with Crippen LogP contribution in [0.5, 0.6) is 0 Å². The summed E-state index contributed by atoms with van der Waals surface area (Å²) in [6, 6.07) is 4.10. The summed E-state index contributed by atoms with van der Waals surface area (Å²) in [6.45, 7) is 4.45. The second-order valence-corrected chi connectivity index (χ2v) is 6.91. The van der Waals surface area contributed by atoms with Crippen molar-refractivity contribution in [2.75, 3.05) is 11.9 Å². The van der Waals surface area contributed by atoms with Crippen LogP contribution in [-0.4, -0.2) is 27.7 Å². The number of alkyl halides is 3. The Bertz CT molecular complexity index is 779. The maximum atomic E-state index is 12.9. The minimum atomic E-state index is -4.39. The third kappa shape index (κ3) is 4.26. The van der Waals surface area contributed by atoms with Crippen molar-refractivity contribution in [2.45, 2.75) is 51.7 Å². The molecule has 0 saturated carbocycles. The molecule has 1 saturated heterocycles. The maximum Gasteiger partial charge on any atom is 0.416 e. The highest BCUT2D eigenvalue weighted by atomic mass is 19.4. The fourth-order valence-corrected chi connectivity index (χ4v) is 3.64. The van der Waals surface area contributed by atoms with Gasteiger partial charge in [0, 0.05) is 23.5 Å². The zero-order chi connectivity index (χ0) is 19.6. The summed E-state index contributed by atoms with van der Waals surface area (Å²) < 4.78 is 38.1. The predicted molar refractivity (Wildman–Crippen MR) is 96.4 cm³/mol. The molecule has 8 heteroatoms. The van der Waals surface area contributed by atoms with E-state index < -0.39 is 11.7 Å². The summed E-state index contributed by atoms with van der Waals surface area (Å²) >= 11 is 0. The number of anilines is 1. The van der Waals surface area contributed by atoms with E-state index in [-0.39, 0.29) is 12.1 Å². The van der Waals surface area contributed by atoms with Gasteiger partial charge in [-0.25, -0.2) is 4.79 Å². The molecule has 0 bridgehead atoms. The molecule has 1 aliphatic heterocycles. The average molecular weight is 380 g/mol. The van der Waals surface area contributed by atoms with E-state index in [9.17, 15) is 18.0 Å². The molecule has 1 atom stereocenters. The fourth-order valence-electron chi connectivity index (χ4n) is 3.64. The molecule has 3 rings (SSSR count). The number of carbonyl (C=O) groups is 1. The molecular weight excluding hydrogens is 357 g/mol. The molecule has 1 fully saturated rings. The summed E-state index contributed by atoms with van der Waals surface area (Å²) in [6.07, 6.45) is -0.613. The number of urea groups is 1. The first-order valence-electron chi connectivity index (χ1n) is 9.03. The number of carbonyl (C=O) groups excluding carboxylic acids is 1. The Morgan fingerprint density at radius 1 is 1.19 bits per heavy atom. The van der Waals surface area contributed by atoms with Gasteiger partial charge in [0.1, 0.15) is 0 Å². The molecule has 27 heavy (non-hydrogen) atoms. The van der Waals surface area contributed by atoms with Gasteiger partial charge in [0.15, 0.2) is 0 Å². The van der Waals surface area contributed by atoms with Crippen molar-refractivity contribution in [1.29, 1.82) is 0 Å². The largest absolute Gasteiger partial charge is 0.416 e. The SMILES string of the molecule is Cc1n[nH]c(C)c1[C@@H]1CCCCCN1C(=O)Nc1ccc(C(F)(F)F)cc1. The number of H-pyrrole nitrogens is 1. The first-order valence-corrected chi connectivity index (χ1v) is 9.03. The molecule has 0 radical (unpaired) electrons. The smallest absolute Gasteiger partial charge is 0.317 e. The minimum Gasteiger partial charge on any atom is -0.317 e. The Morgan fingerprint density at radius 3 is 2.48 bits per heavy atom. The van der Waals surface area contributed by atoms with E-state index >= 15 is 0 Å². The third-order valence-corrected chi connectivity index (χ3v) is 5.00. The molecule has 1 aliphatic rings. The number of hydrogen-bond donors (Lipinski definition) is 2. The van der Waals surface area contributed by atoms with Crippen LogP contribution in [0.25, 0.3) is 0 Å². The number of benzene rings is 1. The lowest BCUT2D eigenvalue weighted by molar-refractivity contribution is -0.137. The average Bonchev–Trinajstić information content (AvgIpc) is 2.81. The van der Waals surface area contributed by atoms with Gasteiger partial charge in [-0.05, 0) is 51.0 Å². The maximum absolute atomic E-state index is 12.9. The van der Waals surface area contributed by atoms with Crippen molar-refractivity contribution in [3.05, 3.63) is 46.8 Å². The van der Waals surface area contributed by atoms with E-state index in [1.54, 1.807) is 4.90 Å². The number of halogens is 3. The Balaban J connectivity index is 1.80. The van der Waals surface area contributed by atoms with Gasteiger partial charge in [0.25, 0.3) is 0 Å². The highest BCUT2D eigenvalue weighted by molar-refractivity contribution is 5.89. The number of aryl methyl sites for hydroxylation is 2. The molecule has 0 unspecified atom stereocenters. The number of nitrogens with one attached hydrogen (secondary N) is 2. The highest BCUT2D eigenvalue weighted by Crippen LogP contribution is 2.34. The summed E-state index contributed by atoms with van der Waals surface area (Å²) in [7, 11) is 0. The predicted octanol–water partition coefficient (Wildman–Crippen LogP) is 5.19. The first kappa shape index (κ1) is 19.3. The van der Waals surface area contributed by atoms with Crippen LogP contribution >= 0.6 is 0 Å². The van der Waals surface area contributed by atoms with Crippen LogP contribution in [0, 0.1) is 13.8 Å². The molecule has 2 N–H and O–H groups in total. The van der Waals surface area contributed by atoms with Gasteiger partial charge in [0.05, 0.1) is 17.3 Å². The fraction of sp³-hybridized carbons (Fsp3) is 0.474. The van der Waals surface area contributed by atoms with Gasteiger partial charge >= 0.3 is 12.2 Å². The third-order valence-electron chi connectivity index (χ3n) is 5.00. The second-order valence-electron chi connectivity index (χ2n) is 6.91. The number of amides is 2. The molecule has 2 amide bonds. The number of likely N-dealkylation sites (tertiary alicyclic amines) is 1. The van der Waals surface area contributed by atoms with Crippen molar-refractivity contribution >= 4 is 11.7 Å². The van der Waals surface area contributed by atoms with Crippen molar-refractivity contribution in [3.63, 3.8) is 0 Å². The Hall–Kier alpha value is -2.51. The van der Waals surface area contributed by atoms with E-state index in [0.717, 1.165) is 54.8 Å². The topological polar surface area (TPSA) is 61.0 Å². The summed E-state index contributed by atoms with van der Waals surface area (Å²) in [5.41, 5.74) is 2.44. The highest BCUT2D eigenvalue weighted by Gasteiger charge is 2.31. The van der Waals surface area contributed by atoms with E-state index in [1.807, 2.05) is 13.8 Å². The second kappa shape index (κ2) is 7.62. The number of rotatable bonds is 2. The van der Waals surface area contributed by atoms with E-state index in [1.165, 1.54) is 12.1 Å². The van der Waals surface area contributed by atoms with Gasteiger partial charge < -0.3 is 10.2 Å². The zero-order valence-corrected chi connectivity index (χ0v) is 15.4. The lowest BCUT2D eigenvalue weighted by atomic mass is 9.99. The molecule has 2 aromatic rings. The van der Waals surface area contributed by atoms with Crippen LogP contribution < -0.4 is 5.32 Å². The lowest BCUT2D eigenvalue weighted by Crippen LogP contribution is -2.38. The van der Waals surface area contributed by atoms with Gasteiger partial charge in [-0.15, -0.1) is 0 Å². The van der Waals surface area contributed by atoms with Gasteiger partial charge in [-0.3, -0.25) is 5.10 Å². The molecule has 0 aliphatic carbocycles. The van der Waals surface area contributed by atoms with Gasteiger partial charge in [-0.2, -0.15) is 18.3 Å². The van der Waals surface area contributed by atoms with Crippen LogP contribution in [0.1, 0.15) is 54.2 Å². The molecule has 1 aromatic heterocycles. The molecule has 5 nitrogen and oxygen atoms in total. The Labute approximate surface area is 155 Å². The molecule has 146 valence electrons. The minimum absolute atomic E-state index is 0.0966. The van der Waals surface area contributed by atoms with Crippen molar-refractivity contribution in [1.82, 2.24) is 15.1 Å². The Morgan fingerprint density at radius 2 is 1.89 bits per heavy atom. The number of aromatic amines is 1. The number of nitrogens with zero attached hydrogens (tertiary/aromatic N) is 2. The Kier molecular flexibility index (Phi) is 5.43. The van der Waals surface area contributed by atoms with Crippen molar-refractivity contribution in [2.24, 2.45) is 0 Å².